The highest BCUT2D eigenvalue weighted by Crippen LogP contribution is 2.16. The molecule has 1 atom stereocenters. The molecule has 0 aliphatic carbocycles. The molecule has 94 valence electrons. The highest BCUT2D eigenvalue weighted by molar-refractivity contribution is 5.77. The molecular weight excluding hydrogens is 222 g/mol. The fourth-order valence-electron chi connectivity index (χ4n) is 1.13. The number of ether oxygens (including phenoxy) is 2. The number of hydrogen-bond acceptors (Lipinski definition) is 4. The van der Waals surface area contributed by atoms with E-state index in [1.54, 1.807) is 38.3 Å². The van der Waals surface area contributed by atoms with E-state index in [-0.39, 0.29) is 19.1 Å². The van der Waals surface area contributed by atoms with Crippen LogP contribution in [0.2, 0.25) is 0 Å². The minimum absolute atomic E-state index is 0.0704. The maximum absolute atomic E-state index is 11.3. The van der Waals surface area contributed by atoms with E-state index in [1.807, 2.05) is 0 Å². The molecule has 17 heavy (non-hydrogen) atoms. The van der Waals surface area contributed by atoms with Crippen LogP contribution in [0.25, 0.3) is 0 Å². The summed E-state index contributed by atoms with van der Waals surface area (Å²) in [6.07, 6.45) is -0.556. The Hall–Kier alpha value is -1.75. The van der Waals surface area contributed by atoms with Gasteiger partial charge in [-0.3, -0.25) is 4.79 Å². The summed E-state index contributed by atoms with van der Waals surface area (Å²) in [6.45, 7) is 1.76. The standard InChI is InChI=1S/C12H17NO4/c1-9(14)7-13-12(15)8-17-11-5-3-10(16-2)4-6-11/h3-6,9,14H,7-8H2,1-2H3,(H,13,15). The first-order chi connectivity index (χ1) is 8.11. The third kappa shape index (κ3) is 5.21. The van der Waals surface area contributed by atoms with Crippen LogP contribution < -0.4 is 14.8 Å². The monoisotopic (exact) mass is 239 g/mol. The average Bonchev–Trinajstić information content (AvgIpc) is 2.34. The summed E-state index contributed by atoms with van der Waals surface area (Å²) < 4.78 is 10.2. The number of nitrogens with one attached hydrogen (secondary N) is 1. The molecule has 1 aromatic carbocycles. The smallest absolute Gasteiger partial charge is 0.258 e. The zero-order valence-corrected chi connectivity index (χ0v) is 9.97. The maximum Gasteiger partial charge on any atom is 0.258 e. The molecular formula is C12H17NO4. The third-order valence-corrected chi connectivity index (χ3v) is 2.02. The van der Waals surface area contributed by atoms with Crippen LogP contribution >= 0.6 is 0 Å². The maximum atomic E-state index is 11.3. The first kappa shape index (κ1) is 13.3. The van der Waals surface area contributed by atoms with Crippen molar-refractivity contribution in [1.82, 2.24) is 5.32 Å². The van der Waals surface area contributed by atoms with Gasteiger partial charge in [-0.05, 0) is 31.2 Å². The minimum Gasteiger partial charge on any atom is -0.497 e. The zero-order chi connectivity index (χ0) is 12.7. The van der Waals surface area contributed by atoms with Gasteiger partial charge in [0.15, 0.2) is 6.61 Å². The number of carbonyl (C=O) groups is 1. The molecule has 0 spiro atoms. The molecule has 1 amide bonds. The van der Waals surface area contributed by atoms with Crippen LogP contribution in [0.3, 0.4) is 0 Å². The fourth-order valence-corrected chi connectivity index (χ4v) is 1.13. The van der Waals surface area contributed by atoms with Gasteiger partial charge in [-0.1, -0.05) is 0 Å². The lowest BCUT2D eigenvalue weighted by Crippen LogP contribution is -2.34. The van der Waals surface area contributed by atoms with E-state index < -0.39 is 6.10 Å². The summed E-state index contributed by atoms with van der Waals surface area (Å²) in [4.78, 5) is 11.3. The van der Waals surface area contributed by atoms with Crippen LogP contribution in [-0.2, 0) is 4.79 Å². The van der Waals surface area contributed by atoms with E-state index in [0.717, 1.165) is 5.75 Å². The van der Waals surface area contributed by atoms with E-state index in [2.05, 4.69) is 5.32 Å². The van der Waals surface area contributed by atoms with Crippen molar-refractivity contribution >= 4 is 5.91 Å². The van der Waals surface area contributed by atoms with Crippen molar-refractivity contribution in [3.63, 3.8) is 0 Å². The quantitative estimate of drug-likeness (QED) is 0.761. The average molecular weight is 239 g/mol. The van der Waals surface area contributed by atoms with Gasteiger partial charge in [0.05, 0.1) is 13.2 Å². The molecule has 0 aliphatic rings. The molecule has 0 radical (unpaired) electrons. The van der Waals surface area contributed by atoms with Crippen molar-refractivity contribution in [3.05, 3.63) is 24.3 Å². The number of methoxy groups -OCH3 is 1. The normalized spacial score (nSPS) is 11.7. The number of aliphatic hydroxyl groups excluding tert-OH is 1. The van der Waals surface area contributed by atoms with E-state index in [1.165, 1.54) is 0 Å². The Labute approximate surface area is 100 Å². The number of aliphatic hydroxyl groups is 1. The molecule has 0 aromatic heterocycles. The summed E-state index contributed by atoms with van der Waals surface area (Å²) >= 11 is 0. The minimum atomic E-state index is -0.556. The van der Waals surface area contributed by atoms with Gasteiger partial charge in [0.25, 0.3) is 5.91 Å². The van der Waals surface area contributed by atoms with Crippen molar-refractivity contribution < 1.29 is 19.4 Å². The van der Waals surface area contributed by atoms with Crippen LogP contribution in [0.15, 0.2) is 24.3 Å². The second kappa shape index (κ2) is 6.75. The first-order valence-electron chi connectivity index (χ1n) is 5.33. The Bertz CT molecular complexity index is 348. The molecule has 0 saturated carbocycles. The van der Waals surface area contributed by atoms with Gasteiger partial charge in [0.2, 0.25) is 0 Å². The fraction of sp³-hybridized carbons (Fsp3) is 0.417. The van der Waals surface area contributed by atoms with Gasteiger partial charge in [-0.25, -0.2) is 0 Å². The highest BCUT2D eigenvalue weighted by atomic mass is 16.5. The van der Waals surface area contributed by atoms with Crippen molar-refractivity contribution in [1.29, 1.82) is 0 Å². The highest BCUT2D eigenvalue weighted by Gasteiger charge is 2.04. The van der Waals surface area contributed by atoms with E-state index >= 15 is 0 Å². The summed E-state index contributed by atoms with van der Waals surface area (Å²) in [7, 11) is 1.58. The van der Waals surface area contributed by atoms with Gasteiger partial charge < -0.3 is 19.9 Å². The molecule has 2 N–H and O–H groups in total. The molecule has 1 rings (SSSR count). The number of amides is 1. The second-order valence-corrected chi connectivity index (χ2v) is 3.62. The summed E-state index contributed by atoms with van der Waals surface area (Å²) in [5.74, 6) is 1.07. The lowest BCUT2D eigenvalue weighted by Gasteiger charge is -2.09. The van der Waals surface area contributed by atoms with Crippen LogP contribution in [0, 0.1) is 0 Å². The SMILES string of the molecule is COc1ccc(OCC(=O)NCC(C)O)cc1. The molecule has 0 heterocycles. The van der Waals surface area contributed by atoms with Crippen molar-refractivity contribution in [2.75, 3.05) is 20.3 Å². The summed E-state index contributed by atoms with van der Waals surface area (Å²) in [6, 6.07) is 6.95. The van der Waals surface area contributed by atoms with Crippen LogP contribution in [0.4, 0.5) is 0 Å². The molecule has 0 aliphatic heterocycles. The third-order valence-electron chi connectivity index (χ3n) is 2.02. The van der Waals surface area contributed by atoms with Crippen LogP contribution in [0.5, 0.6) is 11.5 Å². The molecule has 5 nitrogen and oxygen atoms in total. The first-order valence-corrected chi connectivity index (χ1v) is 5.33. The molecule has 1 aromatic rings. The van der Waals surface area contributed by atoms with Crippen molar-refractivity contribution in [2.24, 2.45) is 0 Å². The molecule has 0 saturated heterocycles. The van der Waals surface area contributed by atoms with Gasteiger partial charge >= 0.3 is 0 Å². The summed E-state index contributed by atoms with van der Waals surface area (Å²) in [5.41, 5.74) is 0. The van der Waals surface area contributed by atoms with Gasteiger partial charge in [0.1, 0.15) is 11.5 Å². The van der Waals surface area contributed by atoms with E-state index in [4.69, 9.17) is 14.6 Å². The lowest BCUT2D eigenvalue weighted by molar-refractivity contribution is -0.123. The summed E-state index contributed by atoms with van der Waals surface area (Å²) in [5, 5.41) is 11.5. The molecule has 0 fully saturated rings. The Morgan fingerprint density at radius 1 is 1.35 bits per heavy atom. The van der Waals surface area contributed by atoms with Crippen LogP contribution in [0.1, 0.15) is 6.92 Å². The molecule has 1 unspecified atom stereocenters. The number of carbonyl (C=O) groups excluding carboxylic acids is 1. The van der Waals surface area contributed by atoms with Gasteiger partial charge in [0, 0.05) is 6.54 Å². The van der Waals surface area contributed by atoms with Crippen molar-refractivity contribution in [3.8, 4) is 11.5 Å². The predicted molar refractivity (Wildman–Crippen MR) is 63.2 cm³/mol. The zero-order valence-electron chi connectivity index (χ0n) is 9.97. The lowest BCUT2D eigenvalue weighted by atomic mass is 10.3. The second-order valence-electron chi connectivity index (χ2n) is 3.62. The molecule has 0 bridgehead atoms. The Morgan fingerprint density at radius 3 is 2.47 bits per heavy atom. The van der Waals surface area contributed by atoms with E-state index in [9.17, 15) is 4.79 Å². The number of hydrogen-bond donors (Lipinski definition) is 2. The Balaban J connectivity index is 2.31. The van der Waals surface area contributed by atoms with Crippen molar-refractivity contribution in [2.45, 2.75) is 13.0 Å². The largest absolute Gasteiger partial charge is 0.497 e. The Morgan fingerprint density at radius 2 is 1.94 bits per heavy atom. The van der Waals surface area contributed by atoms with Gasteiger partial charge in [-0.2, -0.15) is 0 Å². The van der Waals surface area contributed by atoms with Gasteiger partial charge in [-0.15, -0.1) is 0 Å². The molecule has 5 heteroatoms. The predicted octanol–water partition coefficient (Wildman–Crippen LogP) is 0.571. The topological polar surface area (TPSA) is 67.8 Å². The van der Waals surface area contributed by atoms with Crippen LogP contribution in [-0.4, -0.2) is 37.4 Å². The number of rotatable bonds is 6. The number of benzene rings is 1. The van der Waals surface area contributed by atoms with E-state index in [0.29, 0.717) is 5.75 Å². The Kier molecular flexibility index (Phi) is 5.29.